The summed E-state index contributed by atoms with van der Waals surface area (Å²) in [4.78, 5) is 14.7. The Labute approximate surface area is 187 Å². The molecule has 0 spiro atoms. The number of nitrogens with one attached hydrogen (secondary N) is 1. The minimum atomic E-state index is -0.236. The Balaban J connectivity index is 1.44. The summed E-state index contributed by atoms with van der Waals surface area (Å²) in [7, 11) is 3.26. The number of benzene rings is 2. The minimum Gasteiger partial charge on any atom is -0.496 e. The number of methoxy groups -OCH3 is 2. The molecule has 7 heteroatoms. The van der Waals surface area contributed by atoms with Crippen LogP contribution in [0.25, 0.3) is 0 Å². The van der Waals surface area contributed by atoms with Gasteiger partial charge >= 0.3 is 0 Å². The van der Waals surface area contributed by atoms with Gasteiger partial charge in [0.25, 0.3) is 5.91 Å². The molecule has 1 unspecified atom stereocenters. The summed E-state index contributed by atoms with van der Waals surface area (Å²) in [5, 5.41) is 2.94. The van der Waals surface area contributed by atoms with E-state index in [4.69, 9.17) is 18.6 Å². The van der Waals surface area contributed by atoms with E-state index in [-0.39, 0.29) is 17.8 Å². The van der Waals surface area contributed by atoms with E-state index >= 15 is 0 Å². The number of nitrogens with zero attached hydrogens (tertiary/aromatic N) is 1. The van der Waals surface area contributed by atoms with E-state index in [0.717, 1.165) is 29.2 Å². The first-order chi connectivity index (χ1) is 15.7. The maximum absolute atomic E-state index is 12.4. The number of carbonyl (C=O) groups excluding carboxylic acids is 1. The second kappa shape index (κ2) is 10.3. The second-order valence-corrected chi connectivity index (χ2v) is 7.65. The van der Waals surface area contributed by atoms with E-state index in [0.29, 0.717) is 32.0 Å². The van der Waals surface area contributed by atoms with Crippen LogP contribution in [0.15, 0.2) is 65.1 Å². The van der Waals surface area contributed by atoms with Gasteiger partial charge in [0.15, 0.2) is 5.76 Å². The van der Waals surface area contributed by atoms with Crippen LogP contribution in [-0.4, -0.2) is 44.7 Å². The van der Waals surface area contributed by atoms with E-state index in [1.165, 1.54) is 0 Å². The van der Waals surface area contributed by atoms with E-state index in [2.05, 4.69) is 16.3 Å². The molecule has 1 aromatic heterocycles. The Morgan fingerprint density at radius 3 is 2.75 bits per heavy atom. The van der Waals surface area contributed by atoms with Gasteiger partial charge < -0.3 is 23.9 Å². The Bertz CT molecular complexity index is 1050. The molecule has 1 aliphatic rings. The molecular formula is C25H28N2O5. The Kier molecular flexibility index (Phi) is 7.09. The van der Waals surface area contributed by atoms with Crippen molar-refractivity contribution in [3.63, 3.8) is 0 Å². The molecule has 0 aliphatic carbocycles. The molecule has 1 atom stereocenters. The fourth-order valence-electron chi connectivity index (χ4n) is 3.88. The van der Waals surface area contributed by atoms with Crippen LogP contribution in [0.4, 0.5) is 0 Å². The van der Waals surface area contributed by atoms with Crippen LogP contribution in [0, 0.1) is 0 Å². The average molecular weight is 437 g/mol. The quantitative estimate of drug-likeness (QED) is 0.579. The first kappa shape index (κ1) is 21.9. The monoisotopic (exact) mass is 436 g/mol. The molecule has 1 aliphatic heterocycles. The van der Waals surface area contributed by atoms with Crippen LogP contribution in [0.3, 0.4) is 0 Å². The van der Waals surface area contributed by atoms with Crippen LogP contribution < -0.4 is 14.8 Å². The van der Waals surface area contributed by atoms with Crippen molar-refractivity contribution in [2.75, 3.05) is 33.9 Å². The van der Waals surface area contributed by atoms with Gasteiger partial charge in [0, 0.05) is 44.4 Å². The lowest BCUT2D eigenvalue weighted by atomic mass is 10.1. The molecule has 1 amide bonds. The van der Waals surface area contributed by atoms with Gasteiger partial charge in [-0.1, -0.05) is 36.4 Å². The molecule has 4 rings (SSSR count). The molecule has 0 bridgehead atoms. The molecule has 168 valence electrons. The topological polar surface area (TPSA) is 73.2 Å². The van der Waals surface area contributed by atoms with Crippen molar-refractivity contribution in [3.8, 4) is 11.5 Å². The second-order valence-electron chi connectivity index (χ2n) is 7.65. The maximum Gasteiger partial charge on any atom is 0.287 e. The third kappa shape index (κ3) is 5.12. The molecule has 1 N–H and O–H groups in total. The predicted octanol–water partition coefficient (Wildman–Crippen LogP) is 3.80. The van der Waals surface area contributed by atoms with E-state index < -0.39 is 0 Å². The summed E-state index contributed by atoms with van der Waals surface area (Å²) < 4.78 is 22.5. The summed E-state index contributed by atoms with van der Waals surface area (Å²) in [5.41, 5.74) is 2.12. The predicted molar refractivity (Wildman–Crippen MR) is 120 cm³/mol. The molecule has 0 radical (unpaired) electrons. The molecular weight excluding hydrogens is 408 g/mol. The zero-order chi connectivity index (χ0) is 22.3. The van der Waals surface area contributed by atoms with E-state index in [1.807, 2.05) is 42.5 Å². The number of hydrogen-bond acceptors (Lipinski definition) is 6. The number of rotatable bonds is 8. The minimum absolute atomic E-state index is 0.188. The van der Waals surface area contributed by atoms with Gasteiger partial charge in [-0.15, -0.1) is 0 Å². The molecule has 2 heterocycles. The highest BCUT2D eigenvalue weighted by Gasteiger charge is 2.26. The van der Waals surface area contributed by atoms with Crippen molar-refractivity contribution in [1.29, 1.82) is 0 Å². The van der Waals surface area contributed by atoms with Crippen LogP contribution in [0.1, 0.15) is 33.5 Å². The first-order valence-electron chi connectivity index (χ1n) is 10.6. The highest BCUT2D eigenvalue weighted by Crippen LogP contribution is 2.34. The molecule has 0 fully saturated rings. The van der Waals surface area contributed by atoms with Gasteiger partial charge in [-0.25, -0.2) is 0 Å². The number of para-hydroxylation sites is 2. The molecule has 2 aromatic carbocycles. The highest BCUT2D eigenvalue weighted by molar-refractivity contribution is 5.91. The lowest BCUT2D eigenvalue weighted by Gasteiger charge is -2.25. The van der Waals surface area contributed by atoms with Crippen LogP contribution in [-0.2, 0) is 17.9 Å². The summed E-state index contributed by atoms with van der Waals surface area (Å²) in [6.07, 6.45) is -0.188. The maximum atomic E-state index is 12.4. The molecule has 7 nitrogen and oxygen atoms in total. The highest BCUT2D eigenvalue weighted by atomic mass is 16.5. The number of hydrogen-bond donors (Lipinski definition) is 1. The summed E-state index contributed by atoms with van der Waals surface area (Å²) in [6.45, 7) is 2.89. The number of carbonyl (C=O) groups is 1. The number of fused-ring (bicyclic) bond motifs is 1. The summed E-state index contributed by atoms with van der Waals surface area (Å²) >= 11 is 0. The smallest absolute Gasteiger partial charge is 0.287 e. The van der Waals surface area contributed by atoms with Gasteiger partial charge in [0.05, 0.1) is 7.11 Å². The molecule has 0 saturated heterocycles. The standard InChI is InChI=1S/C25H28N2O5/c1-29-17-19-11-12-23(31-19)25(28)26-13-14-27-15-18-7-3-5-9-21(18)32-24(16-27)20-8-4-6-10-22(20)30-2/h3-12,24H,13-17H2,1-2H3,(H,26,28). The zero-order valence-electron chi connectivity index (χ0n) is 18.4. The summed E-state index contributed by atoms with van der Waals surface area (Å²) in [5.74, 6) is 2.35. The Hall–Kier alpha value is -3.29. The Morgan fingerprint density at radius 2 is 1.91 bits per heavy atom. The number of furan rings is 1. The van der Waals surface area contributed by atoms with Crippen LogP contribution in [0.5, 0.6) is 11.5 Å². The molecule has 32 heavy (non-hydrogen) atoms. The summed E-state index contributed by atoms with van der Waals surface area (Å²) in [6, 6.07) is 19.4. The fourth-order valence-corrected chi connectivity index (χ4v) is 3.88. The number of ether oxygens (including phenoxy) is 3. The van der Waals surface area contributed by atoms with Gasteiger partial charge in [-0.05, 0) is 24.3 Å². The lowest BCUT2D eigenvalue weighted by molar-refractivity contribution is 0.0907. The molecule has 3 aromatic rings. The zero-order valence-corrected chi connectivity index (χ0v) is 18.4. The third-order valence-corrected chi connectivity index (χ3v) is 5.43. The van der Waals surface area contributed by atoms with Crippen molar-refractivity contribution in [3.05, 3.63) is 83.3 Å². The first-order valence-corrected chi connectivity index (χ1v) is 10.6. The SMILES string of the molecule is COCc1ccc(C(=O)NCCN2Cc3ccccc3OC(c3ccccc3OC)C2)o1. The van der Waals surface area contributed by atoms with Crippen LogP contribution >= 0.6 is 0 Å². The van der Waals surface area contributed by atoms with Gasteiger partial charge in [0.2, 0.25) is 0 Å². The number of amides is 1. The van der Waals surface area contributed by atoms with Gasteiger partial charge in [-0.2, -0.15) is 0 Å². The van der Waals surface area contributed by atoms with Crippen molar-refractivity contribution < 1.29 is 23.4 Å². The van der Waals surface area contributed by atoms with E-state index in [1.54, 1.807) is 26.4 Å². The Morgan fingerprint density at radius 1 is 1.09 bits per heavy atom. The average Bonchev–Trinajstić information content (AvgIpc) is 3.20. The molecule has 0 saturated carbocycles. The normalized spacial score (nSPS) is 16.0. The van der Waals surface area contributed by atoms with Crippen molar-refractivity contribution in [2.45, 2.75) is 19.3 Å². The van der Waals surface area contributed by atoms with Crippen molar-refractivity contribution in [1.82, 2.24) is 10.2 Å². The third-order valence-electron chi connectivity index (χ3n) is 5.43. The fraction of sp³-hybridized carbons (Fsp3) is 0.320. The largest absolute Gasteiger partial charge is 0.496 e. The van der Waals surface area contributed by atoms with Crippen molar-refractivity contribution in [2.24, 2.45) is 0 Å². The van der Waals surface area contributed by atoms with Gasteiger partial charge in [0.1, 0.15) is 30.0 Å². The van der Waals surface area contributed by atoms with Gasteiger partial charge in [-0.3, -0.25) is 9.69 Å². The van der Waals surface area contributed by atoms with E-state index in [9.17, 15) is 4.79 Å². The van der Waals surface area contributed by atoms with Crippen molar-refractivity contribution >= 4 is 5.91 Å². The lowest BCUT2D eigenvalue weighted by Crippen LogP contribution is -2.36. The van der Waals surface area contributed by atoms with Crippen LogP contribution in [0.2, 0.25) is 0 Å².